The molecule has 1 aromatic rings. The summed E-state index contributed by atoms with van der Waals surface area (Å²) >= 11 is 0.596. The molecule has 0 spiro atoms. The van der Waals surface area contributed by atoms with Gasteiger partial charge in [0.05, 0.1) is 0 Å². The summed E-state index contributed by atoms with van der Waals surface area (Å²) in [5.74, 6) is -0.853. The van der Waals surface area contributed by atoms with E-state index in [1.807, 2.05) is 12.1 Å². The van der Waals surface area contributed by atoms with Gasteiger partial charge in [0.1, 0.15) is 0 Å². The quantitative estimate of drug-likeness (QED) is 0.660. The Morgan fingerprint density at radius 1 is 1.25 bits per heavy atom. The van der Waals surface area contributed by atoms with Crippen molar-refractivity contribution in [2.75, 3.05) is 0 Å². The number of rotatable bonds is 1. The second-order valence-corrected chi connectivity index (χ2v) is 5.18. The van der Waals surface area contributed by atoms with Crippen molar-refractivity contribution in [2.24, 2.45) is 0 Å². The van der Waals surface area contributed by atoms with Gasteiger partial charge in [0.25, 0.3) is 0 Å². The summed E-state index contributed by atoms with van der Waals surface area (Å²) in [6, 6.07) is 7.02. The van der Waals surface area contributed by atoms with E-state index >= 15 is 0 Å². The first-order chi connectivity index (χ1) is 4.70. The van der Waals surface area contributed by atoms with E-state index in [0.717, 1.165) is 0 Å². The molecule has 1 radical (unpaired) electrons. The summed E-state index contributed by atoms with van der Waals surface area (Å²) in [5, 5.41) is 8.49. The van der Waals surface area contributed by atoms with Gasteiger partial charge in [-0.2, -0.15) is 0 Å². The number of hydrogen-bond donors (Lipinski definition) is 1. The molecule has 5 heteroatoms. The smallest absolute Gasteiger partial charge is 0 e. The van der Waals surface area contributed by atoms with E-state index < -0.39 is 5.97 Å². The minimum atomic E-state index is -0.853. The van der Waals surface area contributed by atoms with Crippen LogP contribution in [0.5, 0.6) is 0 Å². The molecule has 3 N–H and O–H groups in total. The normalized spacial score (nSPS) is 7.83. The molecular weight excluding hydrogens is 372 g/mol. The molecule has 0 aliphatic rings. The zero-order valence-electron chi connectivity index (χ0n) is 6.87. The average Bonchev–Trinajstić information content (AvgIpc) is 1.88. The first-order valence-electron chi connectivity index (χ1n) is 2.85. The standard InChI is InChI=1S/C7H5O2.Hg.K.H2O/c8-7(9)6-4-2-1-3-5-6;;;/h2-5H,(H,8,9);;;1H2. The Balaban J connectivity index is 0. The second kappa shape index (κ2) is 7.61. The number of carboxylic acid groups (broad SMARTS) is 1. The number of benzene rings is 1. The van der Waals surface area contributed by atoms with Gasteiger partial charge in [-0.05, 0) is 0 Å². The fraction of sp³-hybridized carbons (Fsp3) is 0. The molecule has 0 fully saturated rings. The molecule has 0 amide bonds. The third-order valence-electron chi connectivity index (χ3n) is 1.20. The summed E-state index contributed by atoms with van der Waals surface area (Å²) in [5.41, 5.74) is 0.370. The van der Waals surface area contributed by atoms with Crippen molar-refractivity contribution in [2.45, 2.75) is 0 Å². The summed E-state index contributed by atoms with van der Waals surface area (Å²) in [4.78, 5) is 10.3. The van der Waals surface area contributed by atoms with E-state index in [1.54, 1.807) is 12.1 Å². The van der Waals surface area contributed by atoms with Crippen LogP contribution in [-0.4, -0.2) is 67.9 Å². The van der Waals surface area contributed by atoms with Crippen LogP contribution >= 0.6 is 0 Å². The molecule has 0 unspecified atom stereocenters. The fourth-order valence-corrected chi connectivity index (χ4v) is 1.56. The molecule has 3 nitrogen and oxygen atoms in total. The molecule has 0 aliphatic heterocycles. The van der Waals surface area contributed by atoms with Crippen molar-refractivity contribution >= 4 is 60.4 Å². The van der Waals surface area contributed by atoms with Gasteiger partial charge in [0.2, 0.25) is 0 Å². The number of carboxylic acids is 1. The summed E-state index contributed by atoms with van der Waals surface area (Å²) < 4.78 is 1.27. The van der Waals surface area contributed by atoms with Gasteiger partial charge in [-0.15, -0.1) is 0 Å². The predicted molar refractivity (Wildman–Crippen MR) is 42.4 cm³/mol. The third kappa shape index (κ3) is 5.06. The fourth-order valence-electron chi connectivity index (χ4n) is 0.647. The van der Waals surface area contributed by atoms with Gasteiger partial charge in [-0.3, -0.25) is 0 Å². The van der Waals surface area contributed by atoms with Crippen LogP contribution < -0.4 is 3.07 Å². The van der Waals surface area contributed by atoms with Gasteiger partial charge in [0.15, 0.2) is 0 Å². The van der Waals surface area contributed by atoms with Crippen molar-refractivity contribution < 1.29 is 41.5 Å². The number of aromatic carboxylic acids is 1. The molecule has 12 heavy (non-hydrogen) atoms. The zero-order valence-corrected chi connectivity index (χ0v) is 15.5. The van der Waals surface area contributed by atoms with Crippen LogP contribution in [0.25, 0.3) is 0 Å². The van der Waals surface area contributed by atoms with E-state index in [2.05, 4.69) is 0 Å². The molecule has 0 atom stereocenters. The van der Waals surface area contributed by atoms with Gasteiger partial charge < -0.3 is 5.48 Å². The molecule has 0 bridgehead atoms. The van der Waals surface area contributed by atoms with E-state index in [1.165, 1.54) is 3.07 Å². The Bertz CT molecular complexity index is 247. The van der Waals surface area contributed by atoms with Crippen LogP contribution in [-0.2, 0) is 26.1 Å². The van der Waals surface area contributed by atoms with Crippen LogP contribution in [0.4, 0.5) is 0 Å². The maximum Gasteiger partial charge on any atom is 0 e. The topological polar surface area (TPSA) is 68.8 Å². The van der Waals surface area contributed by atoms with E-state index in [0.29, 0.717) is 31.7 Å². The summed E-state index contributed by atoms with van der Waals surface area (Å²) in [7, 11) is 0. The minimum Gasteiger partial charge on any atom is 0 e. The minimum absolute atomic E-state index is 0. The van der Waals surface area contributed by atoms with Gasteiger partial charge in [-0.1, -0.05) is 0 Å². The first kappa shape index (κ1) is 15.7. The predicted octanol–water partition coefficient (Wildman–Crippen LogP) is -0.649. The van der Waals surface area contributed by atoms with Crippen molar-refractivity contribution in [3.63, 3.8) is 0 Å². The largest absolute Gasteiger partial charge is 0 e. The van der Waals surface area contributed by atoms with Gasteiger partial charge in [-0.25, -0.2) is 0 Å². The molecule has 0 saturated carbocycles. The molecular formula is C7H7HgKO3. The molecule has 1 rings (SSSR count). The molecule has 0 heterocycles. The maximum atomic E-state index is 10.3. The molecule has 0 saturated heterocycles. The van der Waals surface area contributed by atoms with Crippen LogP contribution in [0.3, 0.4) is 0 Å². The van der Waals surface area contributed by atoms with Crippen molar-refractivity contribution in [1.82, 2.24) is 0 Å². The van der Waals surface area contributed by atoms with Crippen LogP contribution in [0, 0.1) is 0 Å². The SMILES string of the molecule is O.O=C(O)c1cc[c]([Hg])cc1.[K]. The van der Waals surface area contributed by atoms with E-state index in [4.69, 9.17) is 5.11 Å². The summed E-state index contributed by atoms with van der Waals surface area (Å²) in [6.07, 6.45) is 0. The van der Waals surface area contributed by atoms with Crippen molar-refractivity contribution in [3.05, 3.63) is 29.8 Å². The Labute approximate surface area is 129 Å². The Hall–Kier alpha value is 1.22. The molecule has 56 valence electrons. The monoisotopic (exact) mass is 380 g/mol. The third-order valence-corrected chi connectivity index (χ3v) is 3.03. The second-order valence-electron chi connectivity index (χ2n) is 2.00. The molecule has 0 aliphatic carbocycles. The number of hydrogen-bond acceptors (Lipinski definition) is 1. The molecule has 0 aromatic heterocycles. The number of carbonyl (C=O) groups is 1. The van der Waals surface area contributed by atoms with Gasteiger partial charge in [0, 0.05) is 51.4 Å². The van der Waals surface area contributed by atoms with Crippen molar-refractivity contribution in [1.29, 1.82) is 0 Å². The van der Waals surface area contributed by atoms with E-state index in [9.17, 15) is 4.79 Å². The average molecular weight is 379 g/mol. The van der Waals surface area contributed by atoms with Crippen LogP contribution in [0.1, 0.15) is 10.4 Å². The Morgan fingerprint density at radius 3 is 2.00 bits per heavy atom. The zero-order chi connectivity index (χ0) is 7.56. The van der Waals surface area contributed by atoms with Gasteiger partial charge >= 0.3 is 74.9 Å². The maximum absolute atomic E-state index is 10.3. The van der Waals surface area contributed by atoms with Crippen molar-refractivity contribution in [3.8, 4) is 0 Å². The summed E-state index contributed by atoms with van der Waals surface area (Å²) in [6.45, 7) is 0. The van der Waals surface area contributed by atoms with E-state index in [-0.39, 0.29) is 56.9 Å². The molecule has 1 aromatic carbocycles. The Kier molecular flexibility index (Phi) is 9.94. The van der Waals surface area contributed by atoms with Crippen LogP contribution in [0.15, 0.2) is 24.3 Å². The first-order valence-corrected chi connectivity index (χ1v) is 5.60. The Morgan fingerprint density at radius 2 is 1.67 bits per heavy atom. The van der Waals surface area contributed by atoms with Crippen LogP contribution in [0.2, 0.25) is 0 Å².